The topological polar surface area (TPSA) is 18.5 Å². The third-order valence-corrected chi connectivity index (χ3v) is 6.95. The van der Waals surface area contributed by atoms with Crippen molar-refractivity contribution in [2.45, 2.75) is 22.8 Å². The molecular formula is C24H19Cl2FO2. The third-order valence-electron chi connectivity index (χ3n) is 5.92. The van der Waals surface area contributed by atoms with Gasteiger partial charge in [0.15, 0.2) is 9.93 Å². The van der Waals surface area contributed by atoms with E-state index in [0.717, 1.165) is 28.2 Å². The van der Waals surface area contributed by atoms with Crippen LogP contribution in [0.25, 0.3) is 0 Å². The molecule has 0 amide bonds. The van der Waals surface area contributed by atoms with Crippen LogP contribution in [-0.4, -0.2) is 10.9 Å². The minimum Gasteiger partial charge on any atom is -0.494 e. The molecule has 0 N–H and O–H groups in total. The summed E-state index contributed by atoms with van der Waals surface area (Å²) >= 11 is 13.8. The smallest absolute Gasteiger partial charge is 0.174 e. The zero-order chi connectivity index (χ0) is 20.2. The quantitative estimate of drug-likeness (QED) is 0.444. The van der Waals surface area contributed by atoms with Crippen molar-refractivity contribution in [2.24, 2.45) is 5.92 Å². The van der Waals surface area contributed by atoms with Gasteiger partial charge in [-0.2, -0.15) is 0 Å². The maximum absolute atomic E-state index is 13.6. The van der Waals surface area contributed by atoms with Crippen molar-refractivity contribution in [3.63, 3.8) is 0 Å². The molecule has 0 radical (unpaired) electrons. The summed E-state index contributed by atoms with van der Waals surface area (Å²) in [7, 11) is 0. The number of para-hydroxylation sites is 1. The molecule has 0 aromatic heterocycles. The van der Waals surface area contributed by atoms with E-state index >= 15 is 0 Å². The van der Waals surface area contributed by atoms with Crippen LogP contribution in [0.3, 0.4) is 0 Å². The van der Waals surface area contributed by atoms with Gasteiger partial charge < -0.3 is 9.47 Å². The summed E-state index contributed by atoms with van der Waals surface area (Å²) in [5.74, 6) is 0.936. The van der Waals surface area contributed by atoms with E-state index in [2.05, 4.69) is 0 Å². The molecule has 0 spiro atoms. The molecular weight excluding hydrogens is 410 g/mol. The van der Waals surface area contributed by atoms with Crippen LogP contribution in [0.4, 0.5) is 4.39 Å². The first-order chi connectivity index (χ1) is 14.0. The molecule has 148 valence electrons. The molecule has 0 bridgehead atoms. The number of benzene rings is 3. The first kappa shape index (κ1) is 18.8. The summed E-state index contributed by atoms with van der Waals surface area (Å²) in [6, 6.07) is 22.1. The average Bonchev–Trinajstić information content (AvgIpc) is 3.23. The molecule has 1 saturated carbocycles. The van der Waals surface area contributed by atoms with E-state index in [9.17, 15) is 4.39 Å². The van der Waals surface area contributed by atoms with E-state index in [1.807, 2.05) is 55.5 Å². The van der Waals surface area contributed by atoms with Crippen molar-refractivity contribution < 1.29 is 13.9 Å². The predicted octanol–water partition coefficient (Wildman–Crippen LogP) is 6.45. The summed E-state index contributed by atoms with van der Waals surface area (Å²) in [6.07, 6.45) is 0. The van der Waals surface area contributed by atoms with Crippen LogP contribution in [0.15, 0.2) is 72.8 Å². The van der Waals surface area contributed by atoms with Crippen LogP contribution >= 0.6 is 23.2 Å². The molecule has 1 fully saturated rings. The van der Waals surface area contributed by atoms with Crippen molar-refractivity contribution in [1.29, 1.82) is 0 Å². The Morgan fingerprint density at radius 3 is 2.34 bits per heavy atom. The second-order valence-corrected chi connectivity index (χ2v) is 8.85. The molecule has 0 saturated heterocycles. The molecule has 1 heterocycles. The molecule has 5 rings (SSSR count). The highest BCUT2D eigenvalue weighted by molar-refractivity contribution is 6.52. The first-order valence-electron chi connectivity index (χ1n) is 9.63. The highest BCUT2D eigenvalue weighted by atomic mass is 35.5. The molecule has 1 aliphatic heterocycles. The summed E-state index contributed by atoms with van der Waals surface area (Å²) in [4.78, 5) is 0. The molecule has 29 heavy (non-hydrogen) atoms. The molecule has 1 aliphatic carbocycles. The van der Waals surface area contributed by atoms with Crippen LogP contribution in [0.2, 0.25) is 0 Å². The SMILES string of the molecule is CCOc1ccc([C@]23Oc4ccccc4[C@H](c4ccc(F)cc4)[C@H]2C3(Cl)Cl)cc1. The van der Waals surface area contributed by atoms with E-state index in [0.29, 0.717) is 6.61 Å². The molecule has 2 aliphatic rings. The van der Waals surface area contributed by atoms with Gasteiger partial charge in [-0.1, -0.05) is 65.7 Å². The lowest BCUT2D eigenvalue weighted by atomic mass is 9.82. The number of rotatable bonds is 4. The van der Waals surface area contributed by atoms with Crippen molar-refractivity contribution in [3.8, 4) is 11.5 Å². The van der Waals surface area contributed by atoms with Gasteiger partial charge >= 0.3 is 0 Å². The molecule has 2 nitrogen and oxygen atoms in total. The minimum atomic E-state index is -1.13. The number of hydrogen-bond acceptors (Lipinski definition) is 2. The third kappa shape index (κ3) is 2.68. The van der Waals surface area contributed by atoms with Crippen LogP contribution < -0.4 is 9.47 Å². The Morgan fingerprint density at radius 2 is 1.66 bits per heavy atom. The number of alkyl halides is 2. The fourth-order valence-corrected chi connectivity index (χ4v) is 5.58. The maximum Gasteiger partial charge on any atom is 0.174 e. The largest absolute Gasteiger partial charge is 0.494 e. The van der Waals surface area contributed by atoms with Crippen molar-refractivity contribution in [3.05, 3.63) is 95.3 Å². The summed E-state index contributed by atoms with van der Waals surface area (Å²) in [5, 5.41) is 0. The fraction of sp³-hybridized carbons (Fsp3) is 0.250. The Hall–Kier alpha value is -2.23. The van der Waals surface area contributed by atoms with Gasteiger partial charge in [0.05, 0.1) is 12.5 Å². The van der Waals surface area contributed by atoms with E-state index in [1.165, 1.54) is 12.1 Å². The second kappa shape index (κ2) is 6.65. The Morgan fingerprint density at radius 1 is 0.966 bits per heavy atom. The van der Waals surface area contributed by atoms with Gasteiger partial charge in [-0.25, -0.2) is 4.39 Å². The van der Waals surface area contributed by atoms with Gasteiger partial charge in [0, 0.05) is 11.5 Å². The molecule has 3 atom stereocenters. The van der Waals surface area contributed by atoms with E-state index in [4.69, 9.17) is 32.7 Å². The zero-order valence-corrected chi connectivity index (χ0v) is 17.3. The highest BCUT2D eigenvalue weighted by Gasteiger charge is 2.83. The molecule has 3 aromatic rings. The number of ether oxygens (including phenoxy) is 2. The number of hydrogen-bond donors (Lipinski definition) is 0. The van der Waals surface area contributed by atoms with Gasteiger partial charge in [-0.15, -0.1) is 0 Å². The lowest BCUT2D eigenvalue weighted by Gasteiger charge is -2.31. The van der Waals surface area contributed by atoms with E-state index in [1.54, 1.807) is 12.1 Å². The fourth-order valence-electron chi connectivity index (χ4n) is 4.60. The van der Waals surface area contributed by atoms with Gasteiger partial charge in [-0.05, 0) is 48.4 Å². The van der Waals surface area contributed by atoms with Gasteiger partial charge in [0.2, 0.25) is 0 Å². The van der Waals surface area contributed by atoms with E-state index in [-0.39, 0.29) is 17.7 Å². The van der Waals surface area contributed by atoms with Crippen molar-refractivity contribution in [2.75, 3.05) is 6.61 Å². The number of halogens is 3. The van der Waals surface area contributed by atoms with Gasteiger partial charge in [-0.3, -0.25) is 0 Å². The second-order valence-electron chi connectivity index (χ2n) is 7.46. The highest BCUT2D eigenvalue weighted by Crippen LogP contribution is 2.77. The monoisotopic (exact) mass is 428 g/mol. The maximum atomic E-state index is 13.6. The van der Waals surface area contributed by atoms with Gasteiger partial charge in [0.25, 0.3) is 0 Å². The first-order valence-corrected chi connectivity index (χ1v) is 10.4. The Bertz CT molecular complexity index is 1050. The summed E-state index contributed by atoms with van der Waals surface area (Å²) in [5.41, 5.74) is 1.99. The van der Waals surface area contributed by atoms with Crippen molar-refractivity contribution >= 4 is 23.2 Å². The standard InChI is InChI=1S/C24H19Cl2FO2/c1-2-28-18-13-9-16(10-14-18)23-22(24(23,25)26)21(15-7-11-17(27)12-8-15)19-5-3-4-6-20(19)29-23/h3-14,21-22H,2H2,1H3/t21-,22+,23-/m0/s1. The Labute approximate surface area is 179 Å². The molecule has 3 aromatic carbocycles. The lowest BCUT2D eigenvalue weighted by Crippen LogP contribution is -2.28. The van der Waals surface area contributed by atoms with Crippen LogP contribution in [0.1, 0.15) is 29.5 Å². The average molecular weight is 429 g/mol. The lowest BCUT2D eigenvalue weighted by molar-refractivity contribution is 0.137. The Balaban J connectivity index is 1.65. The van der Waals surface area contributed by atoms with Crippen LogP contribution in [-0.2, 0) is 5.60 Å². The van der Waals surface area contributed by atoms with Gasteiger partial charge in [0.1, 0.15) is 17.3 Å². The summed E-state index contributed by atoms with van der Waals surface area (Å²) < 4.78 is 24.5. The van der Waals surface area contributed by atoms with Crippen molar-refractivity contribution in [1.82, 2.24) is 0 Å². The molecule has 5 heteroatoms. The normalized spacial score (nSPS) is 26.1. The van der Waals surface area contributed by atoms with Crippen LogP contribution in [0.5, 0.6) is 11.5 Å². The van der Waals surface area contributed by atoms with E-state index < -0.39 is 9.93 Å². The Kier molecular flexibility index (Phi) is 4.30. The predicted molar refractivity (Wildman–Crippen MR) is 113 cm³/mol. The van der Waals surface area contributed by atoms with Crippen LogP contribution in [0, 0.1) is 11.7 Å². The zero-order valence-electron chi connectivity index (χ0n) is 15.7. The molecule has 0 unspecified atom stereocenters. The minimum absolute atomic E-state index is 0.109. The summed E-state index contributed by atoms with van der Waals surface area (Å²) in [6.45, 7) is 2.54. The number of fused-ring (bicyclic) bond motifs is 2.